The molecular formula is C27H27ClF6N6O5. The Bertz CT molecular complexity index is 1610. The number of rotatable bonds is 10. The van der Waals surface area contributed by atoms with Gasteiger partial charge in [0.1, 0.15) is 6.54 Å². The van der Waals surface area contributed by atoms with Crippen LogP contribution >= 0.6 is 11.6 Å². The zero-order valence-corrected chi connectivity index (χ0v) is 24.3. The summed E-state index contributed by atoms with van der Waals surface area (Å²) in [6, 6.07) is 7.54. The number of alkyl halides is 6. The number of carbonyl (C=O) groups excluding carboxylic acids is 3. The lowest BCUT2D eigenvalue weighted by atomic mass is 10.00. The molecule has 3 amide bonds. The second-order valence-electron chi connectivity index (χ2n) is 10.5. The Labute approximate surface area is 256 Å². The molecule has 0 saturated carbocycles. The maximum Gasteiger partial charge on any atom is 0.416 e. The third-order valence-corrected chi connectivity index (χ3v) is 6.48. The molecule has 0 unspecified atom stereocenters. The SMILES string of the molecule is CC(C)(N)C(=O)NC(=O)C[C@H](NC(=O)Cn1nc(-c2ccc(Cl)cc2)n(C[C@H](O)C(F)(F)F)c1=O)c1cccc(C(F)(F)F)c1. The van der Waals surface area contributed by atoms with Gasteiger partial charge in [-0.3, -0.25) is 24.3 Å². The summed E-state index contributed by atoms with van der Waals surface area (Å²) in [5.74, 6) is -3.35. The third kappa shape index (κ3) is 9.39. The van der Waals surface area contributed by atoms with Crippen molar-refractivity contribution in [2.75, 3.05) is 0 Å². The van der Waals surface area contributed by atoms with Crippen LogP contribution in [0.4, 0.5) is 26.3 Å². The summed E-state index contributed by atoms with van der Waals surface area (Å²) in [5.41, 5.74) is 1.73. The lowest BCUT2D eigenvalue weighted by molar-refractivity contribution is -0.207. The lowest BCUT2D eigenvalue weighted by Gasteiger charge is -2.22. The Kier molecular flexibility index (Phi) is 10.5. The number of hydrogen-bond donors (Lipinski definition) is 4. The summed E-state index contributed by atoms with van der Waals surface area (Å²) in [6.45, 7) is 0.357. The molecule has 0 fully saturated rings. The van der Waals surface area contributed by atoms with Crippen LogP contribution in [0.2, 0.25) is 5.02 Å². The van der Waals surface area contributed by atoms with E-state index in [1.807, 2.05) is 5.32 Å². The number of nitrogens with one attached hydrogen (secondary N) is 2. The van der Waals surface area contributed by atoms with E-state index in [0.717, 1.165) is 12.1 Å². The molecule has 11 nitrogen and oxygen atoms in total. The maximum atomic E-state index is 13.4. The summed E-state index contributed by atoms with van der Waals surface area (Å²) in [5, 5.41) is 18.1. The zero-order valence-electron chi connectivity index (χ0n) is 23.5. The van der Waals surface area contributed by atoms with Gasteiger partial charge in [-0.1, -0.05) is 23.7 Å². The number of nitrogens with two attached hydrogens (primary N) is 1. The van der Waals surface area contributed by atoms with E-state index in [1.54, 1.807) is 0 Å². The highest BCUT2D eigenvalue weighted by atomic mass is 35.5. The number of imide groups is 1. The van der Waals surface area contributed by atoms with Crippen LogP contribution < -0.4 is 22.1 Å². The van der Waals surface area contributed by atoms with Crippen LogP contribution in [0.25, 0.3) is 11.4 Å². The van der Waals surface area contributed by atoms with Gasteiger partial charge in [0.05, 0.1) is 30.1 Å². The van der Waals surface area contributed by atoms with E-state index in [0.29, 0.717) is 15.3 Å². The van der Waals surface area contributed by atoms with E-state index in [9.17, 15) is 50.6 Å². The van der Waals surface area contributed by atoms with E-state index in [1.165, 1.54) is 44.2 Å². The highest BCUT2D eigenvalue weighted by Crippen LogP contribution is 2.31. The molecule has 45 heavy (non-hydrogen) atoms. The second kappa shape index (κ2) is 13.4. The van der Waals surface area contributed by atoms with Crippen molar-refractivity contribution in [1.29, 1.82) is 0 Å². The minimum absolute atomic E-state index is 0.107. The van der Waals surface area contributed by atoms with Crippen molar-refractivity contribution < 1.29 is 45.8 Å². The third-order valence-electron chi connectivity index (χ3n) is 6.23. The van der Waals surface area contributed by atoms with Gasteiger partial charge in [0, 0.05) is 10.6 Å². The first-order chi connectivity index (χ1) is 20.7. The molecule has 0 aliphatic rings. The normalized spacial score (nSPS) is 13.7. The number of carbonyl (C=O) groups is 3. The van der Waals surface area contributed by atoms with Crippen LogP contribution in [0, 0.1) is 0 Å². The molecule has 0 radical (unpaired) electrons. The first kappa shape index (κ1) is 35.3. The fraction of sp³-hybridized carbons (Fsp3) is 0.370. The topological polar surface area (TPSA) is 161 Å². The van der Waals surface area contributed by atoms with Gasteiger partial charge in [0.25, 0.3) is 0 Å². The standard InChI is InChI=1S/C27H27ClF6N6O5/c1-25(2,35)23(44)37-20(42)11-18(15-4-3-5-16(10-15)26(29,30)31)36-21(43)13-40-24(45)39(12-19(41)27(32,33)34)22(38-40)14-6-8-17(28)9-7-14/h3-10,18-19,41H,11-13,35H2,1-2H3,(H,36,43)(H,37,42,44)/t18-,19-/m0/s1. The molecule has 3 rings (SSSR count). The van der Waals surface area contributed by atoms with E-state index < -0.39 is 78.5 Å². The molecule has 2 atom stereocenters. The number of nitrogens with zero attached hydrogens (tertiary/aromatic N) is 3. The minimum atomic E-state index is -5.10. The summed E-state index contributed by atoms with van der Waals surface area (Å²) < 4.78 is 80.5. The van der Waals surface area contributed by atoms with E-state index in [-0.39, 0.29) is 22.0 Å². The number of amides is 3. The van der Waals surface area contributed by atoms with Crippen molar-refractivity contribution in [2.24, 2.45) is 5.73 Å². The van der Waals surface area contributed by atoms with Gasteiger partial charge in [0.2, 0.25) is 17.7 Å². The van der Waals surface area contributed by atoms with Crippen molar-refractivity contribution in [2.45, 2.75) is 63.4 Å². The van der Waals surface area contributed by atoms with Crippen LogP contribution in [0.3, 0.4) is 0 Å². The van der Waals surface area contributed by atoms with Crippen LogP contribution in [-0.4, -0.2) is 55.0 Å². The second-order valence-corrected chi connectivity index (χ2v) is 10.9. The molecule has 0 aliphatic carbocycles. The minimum Gasteiger partial charge on any atom is -0.382 e. The summed E-state index contributed by atoms with van der Waals surface area (Å²) in [7, 11) is 0. The number of aliphatic hydroxyl groups is 1. The molecule has 0 aliphatic heterocycles. The summed E-state index contributed by atoms with van der Waals surface area (Å²) in [6.07, 6.45) is -13.6. The number of halogens is 7. The number of benzene rings is 2. The molecule has 0 saturated heterocycles. The smallest absolute Gasteiger partial charge is 0.382 e. The Hall–Kier alpha value is -4.22. The van der Waals surface area contributed by atoms with Crippen molar-refractivity contribution in [3.63, 3.8) is 0 Å². The highest BCUT2D eigenvalue weighted by molar-refractivity contribution is 6.30. The summed E-state index contributed by atoms with van der Waals surface area (Å²) in [4.78, 5) is 50.9. The molecular weight excluding hydrogens is 638 g/mol. The van der Waals surface area contributed by atoms with Crippen molar-refractivity contribution >= 4 is 29.3 Å². The van der Waals surface area contributed by atoms with Crippen LogP contribution in [-0.2, 0) is 33.6 Å². The molecule has 0 bridgehead atoms. The van der Waals surface area contributed by atoms with Crippen LogP contribution in [0.1, 0.15) is 37.4 Å². The monoisotopic (exact) mass is 664 g/mol. The van der Waals surface area contributed by atoms with E-state index in [4.69, 9.17) is 17.3 Å². The predicted octanol–water partition coefficient (Wildman–Crippen LogP) is 2.93. The number of aromatic nitrogens is 3. The molecule has 1 heterocycles. The fourth-order valence-corrected chi connectivity index (χ4v) is 4.01. The predicted molar refractivity (Wildman–Crippen MR) is 147 cm³/mol. The molecule has 0 spiro atoms. The molecule has 244 valence electrons. The number of aliphatic hydroxyl groups excluding tert-OH is 1. The molecule has 2 aromatic carbocycles. The van der Waals surface area contributed by atoms with Crippen molar-refractivity contribution in [3.05, 3.63) is 75.2 Å². The fourth-order valence-electron chi connectivity index (χ4n) is 3.88. The summed E-state index contributed by atoms with van der Waals surface area (Å²) >= 11 is 5.86. The number of hydrogen-bond acceptors (Lipinski definition) is 7. The van der Waals surface area contributed by atoms with Crippen LogP contribution in [0.5, 0.6) is 0 Å². The van der Waals surface area contributed by atoms with Gasteiger partial charge in [-0.05, 0) is 55.8 Å². The van der Waals surface area contributed by atoms with Gasteiger partial charge < -0.3 is 16.2 Å². The molecule has 3 aromatic rings. The maximum absolute atomic E-state index is 13.4. The molecule has 1 aromatic heterocycles. The van der Waals surface area contributed by atoms with E-state index >= 15 is 0 Å². The van der Waals surface area contributed by atoms with Gasteiger partial charge in [-0.15, -0.1) is 5.10 Å². The van der Waals surface area contributed by atoms with E-state index in [2.05, 4.69) is 10.4 Å². The highest BCUT2D eigenvalue weighted by Gasteiger charge is 2.39. The quantitative estimate of drug-likeness (QED) is 0.242. The first-order valence-corrected chi connectivity index (χ1v) is 13.3. The Morgan fingerprint density at radius 2 is 1.64 bits per heavy atom. The average Bonchev–Trinajstić information content (AvgIpc) is 3.21. The Morgan fingerprint density at radius 3 is 2.20 bits per heavy atom. The van der Waals surface area contributed by atoms with Crippen LogP contribution in [0.15, 0.2) is 53.3 Å². The Balaban J connectivity index is 1.96. The van der Waals surface area contributed by atoms with Crippen molar-refractivity contribution in [1.82, 2.24) is 25.0 Å². The molecule has 18 heteroatoms. The molecule has 5 N–H and O–H groups in total. The van der Waals surface area contributed by atoms with Crippen molar-refractivity contribution in [3.8, 4) is 11.4 Å². The average molecular weight is 665 g/mol. The van der Waals surface area contributed by atoms with Gasteiger partial charge in [-0.25, -0.2) is 9.48 Å². The van der Waals surface area contributed by atoms with Gasteiger partial charge in [-0.2, -0.15) is 26.3 Å². The first-order valence-electron chi connectivity index (χ1n) is 12.9. The van der Waals surface area contributed by atoms with Gasteiger partial charge in [0.15, 0.2) is 11.9 Å². The zero-order chi connectivity index (χ0) is 33.9. The Morgan fingerprint density at radius 1 is 1.02 bits per heavy atom. The largest absolute Gasteiger partial charge is 0.416 e. The lowest BCUT2D eigenvalue weighted by Crippen LogP contribution is -2.51. The van der Waals surface area contributed by atoms with Gasteiger partial charge >= 0.3 is 18.0 Å².